The molecule has 1 N–H and O–H groups in total. The predicted octanol–water partition coefficient (Wildman–Crippen LogP) is 5.99. The molecule has 0 aromatic heterocycles. The van der Waals surface area contributed by atoms with Crippen LogP contribution in [0.3, 0.4) is 0 Å². The minimum Gasteiger partial charge on any atom is -0.504 e. The van der Waals surface area contributed by atoms with E-state index >= 15 is 0 Å². The van der Waals surface area contributed by atoms with E-state index in [0.29, 0.717) is 33.0 Å². The monoisotopic (exact) mass is 449 g/mol. The average molecular weight is 450 g/mol. The molecule has 0 spiro atoms. The van der Waals surface area contributed by atoms with E-state index in [4.69, 9.17) is 21.7 Å². The smallest absolute Gasteiger partial charge is 0.270 e. The van der Waals surface area contributed by atoms with Crippen molar-refractivity contribution in [3.05, 3.63) is 83.3 Å². The summed E-state index contributed by atoms with van der Waals surface area (Å²) in [5, 5.41) is 9.87. The zero-order valence-corrected chi connectivity index (χ0v) is 18.3. The van der Waals surface area contributed by atoms with Crippen LogP contribution < -0.4 is 14.4 Å². The molecule has 1 fully saturated rings. The van der Waals surface area contributed by atoms with Crippen LogP contribution in [-0.4, -0.2) is 21.9 Å². The fourth-order valence-electron chi connectivity index (χ4n) is 3.02. The van der Waals surface area contributed by atoms with Crippen LogP contribution in [0.4, 0.5) is 5.69 Å². The summed E-state index contributed by atoms with van der Waals surface area (Å²) in [6.45, 7) is 2.27. The van der Waals surface area contributed by atoms with Crippen molar-refractivity contribution in [3.8, 4) is 23.0 Å². The number of aromatic hydroxyl groups is 1. The van der Waals surface area contributed by atoms with Crippen molar-refractivity contribution in [2.24, 2.45) is 0 Å². The molecular weight excluding hydrogens is 430 g/mol. The normalized spacial score (nSPS) is 14.9. The summed E-state index contributed by atoms with van der Waals surface area (Å²) < 4.78 is 11.7. The highest BCUT2D eigenvalue weighted by Gasteiger charge is 2.33. The van der Waals surface area contributed by atoms with E-state index in [9.17, 15) is 9.90 Å². The van der Waals surface area contributed by atoms with Gasteiger partial charge in [-0.25, -0.2) is 0 Å². The summed E-state index contributed by atoms with van der Waals surface area (Å²) in [4.78, 5) is 15.0. The Hall–Kier alpha value is -3.29. The Balaban J connectivity index is 1.53. The number of thiocarbonyl (C=S) groups is 1. The first-order valence-electron chi connectivity index (χ1n) is 9.62. The van der Waals surface area contributed by atoms with E-state index in [1.807, 2.05) is 37.3 Å². The van der Waals surface area contributed by atoms with Crippen molar-refractivity contribution in [2.75, 3.05) is 11.5 Å². The maximum atomic E-state index is 13.0. The summed E-state index contributed by atoms with van der Waals surface area (Å²) in [7, 11) is 0. The molecule has 0 atom stereocenters. The second-order valence-corrected chi connectivity index (χ2v) is 8.26. The highest BCUT2D eigenvalue weighted by molar-refractivity contribution is 8.27. The third kappa shape index (κ3) is 4.73. The number of anilines is 1. The van der Waals surface area contributed by atoms with Gasteiger partial charge in [0.2, 0.25) is 0 Å². The number of para-hydroxylation sites is 1. The number of phenolic OH excluding ortho intramolecular Hbond substituents is 1. The SMILES string of the molecule is CCOc1cc(C=C2SC(=S)N(c3ccc(Oc4ccccc4)cc3)C2=O)ccc1O. The Morgan fingerprint density at radius 2 is 1.74 bits per heavy atom. The second kappa shape index (κ2) is 9.24. The molecule has 4 rings (SSSR count). The average Bonchev–Trinajstić information content (AvgIpc) is 3.05. The van der Waals surface area contributed by atoms with E-state index in [1.165, 1.54) is 16.7 Å². The maximum absolute atomic E-state index is 13.0. The zero-order valence-electron chi connectivity index (χ0n) is 16.6. The van der Waals surface area contributed by atoms with Gasteiger partial charge in [0.1, 0.15) is 11.5 Å². The quantitative estimate of drug-likeness (QED) is 0.369. The Labute approximate surface area is 189 Å². The number of hydrogen-bond donors (Lipinski definition) is 1. The summed E-state index contributed by atoms with van der Waals surface area (Å²) in [6, 6.07) is 21.7. The first-order valence-corrected chi connectivity index (χ1v) is 10.8. The van der Waals surface area contributed by atoms with E-state index in [0.717, 1.165) is 11.3 Å². The van der Waals surface area contributed by atoms with Gasteiger partial charge in [0, 0.05) is 0 Å². The summed E-state index contributed by atoms with van der Waals surface area (Å²) in [5.41, 5.74) is 1.42. The molecule has 0 saturated carbocycles. The Bertz CT molecular complexity index is 1140. The standard InChI is InChI=1S/C24H19NO4S2/c1-2-28-21-14-16(8-13-20(21)26)15-22-23(27)25(24(30)31-22)17-9-11-19(12-10-17)29-18-6-4-3-5-7-18/h3-15,26H,2H2,1H3. The van der Waals surface area contributed by atoms with Gasteiger partial charge in [-0.15, -0.1) is 0 Å². The third-order valence-electron chi connectivity index (χ3n) is 4.45. The molecule has 156 valence electrons. The highest BCUT2D eigenvalue weighted by Crippen LogP contribution is 2.37. The highest BCUT2D eigenvalue weighted by atomic mass is 32.2. The lowest BCUT2D eigenvalue weighted by molar-refractivity contribution is -0.113. The molecule has 1 aliphatic heterocycles. The fraction of sp³-hybridized carbons (Fsp3) is 0.0833. The van der Waals surface area contributed by atoms with E-state index < -0.39 is 0 Å². The lowest BCUT2D eigenvalue weighted by Gasteiger charge is -2.15. The van der Waals surface area contributed by atoms with Crippen LogP contribution in [0, 0.1) is 0 Å². The van der Waals surface area contributed by atoms with Gasteiger partial charge in [0.05, 0.1) is 17.2 Å². The molecule has 31 heavy (non-hydrogen) atoms. The van der Waals surface area contributed by atoms with Crippen LogP contribution in [0.15, 0.2) is 77.7 Å². The van der Waals surface area contributed by atoms with Crippen LogP contribution in [-0.2, 0) is 4.79 Å². The van der Waals surface area contributed by atoms with Gasteiger partial charge in [-0.3, -0.25) is 9.69 Å². The van der Waals surface area contributed by atoms with Crippen molar-refractivity contribution in [1.82, 2.24) is 0 Å². The number of carbonyl (C=O) groups excluding carboxylic acids is 1. The predicted molar refractivity (Wildman–Crippen MR) is 128 cm³/mol. The first-order chi connectivity index (χ1) is 15.0. The van der Waals surface area contributed by atoms with Gasteiger partial charge in [0.25, 0.3) is 5.91 Å². The van der Waals surface area contributed by atoms with Crippen LogP contribution in [0.5, 0.6) is 23.0 Å². The number of rotatable bonds is 6. The number of phenols is 1. The van der Waals surface area contributed by atoms with Crippen LogP contribution in [0.25, 0.3) is 6.08 Å². The van der Waals surface area contributed by atoms with Gasteiger partial charge < -0.3 is 14.6 Å². The first kappa shape index (κ1) is 21.0. The number of ether oxygens (including phenoxy) is 2. The molecule has 7 heteroatoms. The van der Waals surface area contributed by atoms with Crippen molar-refractivity contribution >= 4 is 46.0 Å². The zero-order chi connectivity index (χ0) is 21.8. The van der Waals surface area contributed by atoms with Gasteiger partial charge in [0.15, 0.2) is 15.8 Å². The van der Waals surface area contributed by atoms with Crippen molar-refractivity contribution < 1.29 is 19.4 Å². The summed E-state index contributed by atoms with van der Waals surface area (Å²) >= 11 is 6.69. The Kier molecular flexibility index (Phi) is 6.25. The van der Waals surface area contributed by atoms with Crippen LogP contribution in [0.2, 0.25) is 0 Å². The number of nitrogens with zero attached hydrogens (tertiary/aromatic N) is 1. The van der Waals surface area contributed by atoms with Crippen LogP contribution in [0.1, 0.15) is 12.5 Å². The molecule has 0 radical (unpaired) electrons. The lowest BCUT2D eigenvalue weighted by atomic mass is 10.2. The number of thioether (sulfide) groups is 1. The van der Waals surface area contributed by atoms with Crippen molar-refractivity contribution in [3.63, 3.8) is 0 Å². The van der Waals surface area contributed by atoms with Gasteiger partial charge in [-0.05, 0) is 67.1 Å². The molecule has 0 unspecified atom stereocenters. The van der Waals surface area contributed by atoms with Crippen molar-refractivity contribution in [2.45, 2.75) is 6.92 Å². The fourth-order valence-corrected chi connectivity index (χ4v) is 4.32. The van der Waals surface area contributed by atoms with Crippen molar-refractivity contribution in [1.29, 1.82) is 0 Å². The van der Waals surface area contributed by atoms with Crippen LogP contribution >= 0.6 is 24.0 Å². The number of carbonyl (C=O) groups is 1. The summed E-state index contributed by atoms with van der Waals surface area (Å²) in [6.07, 6.45) is 1.74. The third-order valence-corrected chi connectivity index (χ3v) is 5.75. The summed E-state index contributed by atoms with van der Waals surface area (Å²) in [5.74, 6) is 1.65. The Morgan fingerprint density at radius 3 is 2.45 bits per heavy atom. The number of hydrogen-bond acceptors (Lipinski definition) is 6. The number of benzene rings is 3. The molecule has 0 bridgehead atoms. The Morgan fingerprint density at radius 1 is 1.03 bits per heavy atom. The number of amides is 1. The maximum Gasteiger partial charge on any atom is 0.270 e. The molecule has 0 aliphatic carbocycles. The molecule has 3 aromatic rings. The van der Waals surface area contributed by atoms with E-state index in [-0.39, 0.29) is 11.7 Å². The minimum atomic E-state index is -0.197. The van der Waals surface area contributed by atoms with E-state index in [2.05, 4.69) is 0 Å². The van der Waals surface area contributed by atoms with Gasteiger partial charge in [-0.1, -0.05) is 48.2 Å². The minimum absolute atomic E-state index is 0.0596. The lowest BCUT2D eigenvalue weighted by Crippen LogP contribution is -2.27. The van der Waals surface area contributed by atoms with Gasteiger partial charge >= 0.3 is 0 Å². The molecule has 3 aromatic carbocycles. The molecule has 1 saturated heterocycles. The molecule has 1 aliphatic rings. The molecule has 5 nitrogen and oxygen atoms in total. The largest absolute Gasteiger partial charge is 0.504 e. The topological polar surface area (TPSA) is 59.0 Å². The van der Waals surface area contributed by atoms with Gasteiger partial charge in [-0.2, -0.15) is 0 Å². The molecular formula is C24H19NO4S2. The van der Waals surface area contributed by atoms with E-state index in [1.54, 1.807) is 48.5 Å². The molecule has 1 heterocycles. The molecule has 1 amide bonds. The second-order valence-electron chi connectivity index (χ2n) is 6.59.